The first-order chi connectivity index (χ1) is 11.8. The van der Waals surface area contributed by atoms with Gasteiger partial charge in [0.1, 0.15) is 11.6 Å². The van der Waals surface area contributed by atoms with Gasteiger partial charge in [0.15, 0.2) is 0 Å². The number of para-hydroxylation sites is 2. The van der Waals surface area contributed by atoms with Crippen molar-refractivity contribution >= 4 is 16.9 Å². The number of rotatable bonds is 3. The van der Waals surface area contributed by atoms with E-state index in [1.54, 1.807) is 7.11 Å². The molecule has 1 aliphatic heterocycles. The number of imidazole rings is 1. The number of benzene rings is 2. The van der Waals surface area contributed by atoms with Crippen LogP contribution in [0, 0.1) is 0 Å². The number of hydrogen-bond donors (Lipinski definition) is 1. The van der Waals surface area contributed by atoms with Crippen LogP contribution in [0.4, 0.5) is 0 Å². The molecule has 1 fully saturated rings. The molecule has 5 heteroatoms. The number of ether oxygens (including phenoxy) is 1. The molecule has 0 radical (unpaired) electrons. The van der Waals surface area contributed by atoms with Crippen molar-refractivity contribution in [2.45, 2.75) is 18.9 Å². The number of fused-ring (bicyclic) bond motifs is 1. The van der Waals surface area contributed by atoms with Gasteiger partial charge in [-0.2, -0.15) is 0 Å². The molecular weight excluding hydrogens is 302 g/mol. The zero-order valence-electron chi connectivity index (χ0n) is 13.5. The summed E-state index contributed by atoms with van der Waals surface area (Å²) in [6, 6.07) is 15.2. The number of aromatic nitrogens is 2. The Morgan fingerprint density at radius 3 is 2.75 bits per heavy atom. The normalized spacial score (nSPS) is 17.4. The summed E-state index contributed by atoms with van der Waals surface area (Å²) < 4.78 is 5.16. The van der Waals surface area contributed by atoms with E-state index < -0.39 is 0 Å². The van der Waals surface area contributed by atoms with Crippen LogP contribution in [0.3, 0.4) is 0 Å². The predicted octanol–water partition coefficient (Wildman–Crippen LogP) is 3.55. The number of hydrogen-bond acceptors (Lipinski definition) is 3. The highest BCUT2D eigenvalue weighted by Crippen LogP contribution is 2.32. The number of H-pyrrole nitrogens is 1. The van der Waals surface area contributed by atoms with Gasteiger partial charge in [-0.15, -0.1) is 0 Å². The fourth-order valence-corrected chi connectivity index (χ4v) is 3.32. The molecule has 1 atom stereocenters. The molecule has 0 unspecified atom stereocenters. The minimum Gasteiger partial charge on any atom is -0.497 e. The van der Waals surface area contributed by atoms with E-state index in [0.717, 1.165) is 42.0 Å². The number of methoxy groups -OCH3 is 1. The molecule has 24 heavy (non-hydrogen) atoms. The second-order valence-corrected chi connectivity index (χ2v) is 6.02. The summed E-state index contributed by atoms with van der Waals surface area (Å²) in [5, 5.41) is 0. The van der Waals surface area contributed by atoms with Crippen LogP contribution < -0.4 is 4.74 Å². The Bertz CT molecular complexity index is 837. The molecule has 4 rings (SSSR count). The predicted molar refractivity (Wildman–Crippen MR) is 92.1 cm³/mol. The van der Waals surface area contributed by atoms with Gasteiger partial charge in [0.2, 0.25) is 0 Å². The van der Waals surface area contributed by atoms with E-state index in [1.807, 2.05) is 53.4 Å². The topological polar surface area (TPSA) is 58.2 Å². The van der Waals surface area contributed by atoms with E-state index in [1.165, 1.54) is 0 Å². The van der Waals surface area contributed by atoms with Crippen LogP contribution in [-0.2, 0) is 0 Å². The molecule has 1 saturated heterocycles. The molecule has 1 amide bonds. The maximum atomic E-state index is 12.9. The van der Waals surface area contributed by atoms with Crippen LogP contribution in [-0.4, -0.2) is 34.4 Å². The molecule has 1 aromatic heterocycles. The molecule has 0 spiro atoms. The monoisotopic (exact) mass is 321 g/mol. The molecular formula is C19H19N3O2. The SMILES string of the molecule is COc1ccc(C(=O)N2CCC[C@H]2c2nc3ccccc3[nH]2)cc1. The zero-order valence-corrected chi connectivity index (χ0v) is 13.5. The summed E-state index contributed by atoms with van der Waals surface area (Å²) in [4.78, 5) is 22.9. The van der Waals surface area contributed by atoms with E-state index in [9.17, 15) is 4.79 Å². The van der Waals surface area contributed by atoms with Crippen molar-refractivity contribution in [1.82, 2.24) is 14.9 Å². The number of nitrogens with zero attached hydrogens (tertiary/aromatic N) is 2. The smallest absolute Gasteiger partial charge is 0.254 e. The summed E-state index contributed by atoms with van der Waals surface area (Å²) in [6.45, 7) is 0.757. The molecule has 5 nitrogen and oxygen atoms in total. The summed E-state index contributed by atoms with van der Waals surface area (Å²) in [5.74, 6) is 1.66. The van der Waals surface area contributed by atoms with Crippen molar-refractivity contribution in [3.63, 3.8) is 0 Å². The van der Waals surface area contributed by atoms with Gasteiger partial charge in [0, 0.05) is 12.1 Å². The molecule has 0 aliphatic carbocycles. The van der Waals surface area contributed by atoms with E-state index in [4.69, 9.17) is 4.74 Å². The minimum absolute atomic E-state index is 0.00648. The fraction of sp³-hybridized carbons (Fsp3) is 0.263. The van der Waals surface area contributed by atoms with Crippen molar-refractivity contribution in [1.29, 1.82) is 0 Å². The second-order valence-electron chi connectivity index (χ2n) is 6.02. The average molecular weight is 321 g/mol. The first-order valence-corrected chi connectivity index (χ1v) is 8.16. The van der Waals surface area contributed by atoms with E-state index in [2.05, 4.69) is 9.97 Å². The Morgan fingerprint density at radius 1 is 1.21 bits per heavy atom. The quantitative estimate of drug-likeness (QED) is 0.802. The Balaban J connectivity index is 1.62. The van der Waals surface area contributed by atoms with Crippen molar-refractivity contribution in [3.05, 3.63) is 59.9 Å². The lowest BCUT2D eigenvalue weighted by molar-refractivity contribution is 0.0730. The lowest BCUT2D eigenvalue weighted by Crippen LogP contribution is -2.31. The number of carbonyl (C=O) groups excluding carboxylic acids is 1. The van der Waals surface area contributed by atoms with Gasteiger partial charge in [-0.05, 0) is 49.2 Å². The third kappa shape index (κ3) is 2.52. The Morgan fingerprint density at radius 2 is 2.00 bits per heavy atom. The highest BCUT2D eigenvalue weighted by molar-refractivity contribution is 5.94. The van der Waals surface area contributed by atoms with Crippen LogP contribution in [0.2, 0.25) is 0 Å². The molecule has 0 bridgehead atoms. The third-order valence-electron chi connectivity index (χ3n) is 4.57. The van der Waals surface area contributed by atoms with Crippen molar-refractivity contribution < 1.29 is 9.53 Å². The van der Waals surface area contributed by atoms with Crippen LogP contribution in [0.15, 0.2) is 48.5 Å². The van der Waals surface area contributed by atoms with Gasteiger partial charge in [-0.3, -0.25) is 4.79 Å². The number of carbonyl (C=O) groups is 1. The molecule has 1 aliphatic rings. The summed E-state index contributed by atoms with van der Waals surface area (Å²) in [6.07, 6.45) is 1.92. The highest BCUT2D eigenvalue weighted by Gasteiger charge is 2.32. The van der Waals surface area contributed by atoms with Crippen LogP contribution in [0.25, 0.3) is 11.0 Å². The first-order valence-electron chi connectivity index (χ1n) is 8.16. The first kappa shape index (κ1) is 14.8. The number of likely N-dealkylation sites (tertiary alicyclic amines) is 1. The lowest BCUT2D eigenvalue weighted by atomic mass is 10.1. The van der Waals surface area contributed by atoms with Gasteiger partial charge in [-0.25, -0.2) is 4.98 Å². The van der Waals surface area contributed by atoms with Crippen LogP contribution in [0.5, 0.6) is 5.75 Å². The number of amides is 1. The van der Waals surface area contributed by atoms with E-state index in [0.29, 0.717) is 5.56 Å². The summed E-state index contributed by atoms with van der Waals surface area (Å²) >= 11 is 0. The molecule has 1 N–H and O–H groups in total. The molecule has 2 aromatic carbocycles. The summed E-state index contributed by atoms with van der Waals surface area (Å²) in [7, 11) is 1.62. The van der Waals surface area contributed by atoms with Gasteiger partial charge in [0.05, 0.1) is 24.2 Å². The average Bonchev–Trinajstić information content (AvgIpc) is 3.27. The molecule has 2 heterocycles. The van der Waals surface area contributed by atoms with E-state index in [-0.39, 0.29) is 11.9 Å². The van der Waals surface area contributed by atoms with Gasteiger partial charge in [-0.1, -0.05) is 12.1 Å². The Labute approximate surface area is 140 Å². The molecule has 122 valence electrons. The van der Waals surface area contributed by atoms with Crippen molar-refractivity contribution in [2.75, 3.05) is 13.7 Å². The van der Waals surface area contributed by atoms with Crippen LogP contribution in [0.1, 0.15) is 35.1 Å². The maximum Gasteiger partial charge on any atom is 0.254 e. The zero-order chi connectivity index (χ0) is 16.5. The van der Waals surface area contributed by atoms with Gasteiger partial charge in [0.25, 0.3) is 5.91 Å². The number of nitrogens with one attached hydrogen (secondary N) is 1. The van der Waals surface area contributed by atoms with Crippen LogP contribution >= 0.6 is 0 Å². The fourth-order valence-electron chi connectivity index (χ4n) is 3.32. The minimum atomic E-state index is 0.00648. The Hall–Kier alpha value is -2.82. The van der Waals surface area contributed by atoms with Crippen molar-refractivity contribution in [3.8, 4) is 5.75 Å². The van der Waals surface area contributed by atoms with E-state index >= 15 is 0 Å². The van der Waals surface area contributed by atoms with Gasteiger partial charge < -0.3 is 14.6 Å². The van der Waals surface area contributed by atoms with Gasteiger partial charge >= 0.3 is 0 Å². The maximum absolute atomic E-state index is 12.9. The number of aromatic amines is 1. The summed E-state index contributed by atoms with van der Waals surface area (Å²) in [5.41, 5.74) is 2.63. The highest BCUT2D eigenvalue weighted by atomic mass is 16.5. The Kier molecular flexibility index (Phi) is 3.69. The van der Waals surface area contributed by atoms with Crippen molar-refractivity contribution in [2.24, 2.45) is 0 Å². The molecule has 0 saturated carbocycles. The standard InChI is InChI=1S/C19H19N3O2/c1-24-14-10-8-13(9-11-14)19(23)22-12-4-7-17(22)18-20-15-5-2-3-6-16(15)21-18/h2-3,5-6,8-11,17H,4,7,12H2,1H3,(H,20,21)/t17-/m0/s1. The third-order valence-corrected chi connectivity index (χ3v) is 4.57. The largest absolute Gasteiger partial charge is 0.497 e. The second kappa shape index (κ2) is 6.00. The lowest BCUT2D eigenvalue weighted by Gasteiger charge is -2.23. The molecule has 3 aromatic rings.